The maximum atomic E-state index is 11.3. The number of carboxylic acid groups (broad SMARTS) is 1. The van der Waals surface area contributed by atoms with E-state index in [-0.39, 0.29) is 0 Å². The van der Waals surface area contributed by atoms with Crippen molar-refractivity contribution in [3.63, 3.8) is 0 Å². The van der Waals surface area contributed by atoms with Crippen molar-refractivity contribution in [2.24, 2.45) is 5.92 Å². The van der Waals surface area contributed by atoms with E-state index in [4.69, 9.17) is 0 Å². The molecule has 0 amide bonds. The lowest BCUT2D eigenvalue weighted by Gasteiger charge is -2.17. The molecule has 0 radical (unpaired) electrons. The fourth-order valence-electron chi connectivity index (χ4n) is 2.42. The minimum atomic E-state index is -0.779. The number of hydrogen-bond donors (Lipinski definition) is 2. The number of carboxylic acids is 1. The minimum absolute atomic E-state index is 0.358. The SMILES string of the molecule is CC(C)C[C@@H](NCc1cccc2ccccc12)C(=O)O. The van der Waals surface area contributed by atoms with Gasteiger partial charge in [-0.15, -0.1) is 0 Å². The lowest BCUT2D eigenvalue weighted by atomic mass is 10.0. The van der Waals surface area contributed by atoms with E-state index in [2.05, 4.69) is 23.5 Å². The van der Waals surface area contributed by atoms with Crippen molar-refractivity contribution in [3.8, 4) is 0 Å². The predicted octanol–water partition coefficient (Wildman–Crippen LogP) is 3.43. The van der Waals surface area contributed by atoms with Crippen LogP contribution >= 0.6 is 0 Å². The highest BCUT2D eigenvalue weighted by atomic mass is 16.4. The second-order valence-electron chi connectivity index (χ2n) is 5.54. The molecule has 3 nitrogen and oxygen atoms in total. The molecule has 2 rings (SSSR count). The summed E-state index contributed by atoms with van der Waals surface area (Å²) >= 11 is 0. The maximum Gasteiger partial charge on any atom is 0.320 e. The molecule has 0 heterocycles. The second kappa shape index (κ2) is 6.53. The van der Waals surface area contributed by atoms with Gasteiger partial charge >= 0.3 is 5.97 Å². The summed E-state index contributed by atoms with van der Waals surface area (Å²) in [4.78, 5) is 11.3. The molecule has 0 fully saturated rings. The summed E-state index contributed by atoms with van der Waals surface area (Å²) in [5.74, 6) is -0.421. The van der Waals surface area contributed by atoms with E-state index in [9.17, 15) is 9.90 Å². The molecule has 0 bridgehead atoms. The summed E-state index contributed by atoms with van der Waals surface area (Å²) in [5.41, 5.74) is 1.14. The molecule has 1 atom stereocenters. The molecule has 0 saturated heterocycles. The molecule has 0 aliphatic rings. The molecule has 0 aromatic heterocycles. The van der Waals surface area contributed by atoms with Gasteiger partial charge in [-0.25, -0.2) is 0 Å². The van der Waals surface area contributed by atoms with Gasteiger partial charge in [0.25, 0.3) is 0 Å². The zero-order valence-corrected chi connectivity index (χ0v) is 12.0. The predicted molar refractivity (Wildman–Crippen MR) is 81.7 cm³/mol. The molecular formula is C17H21NO2. The van der Waals surface area contributed by atoms with Crippen molar-refractivity contribution in [3.05, 3.63) is 48.0 Å². The Morgan fingerprint density at radius 3 is 2.55 bits per heavy atom. The Bertz CT molecular complexity index is 587. The number of hydrogen-bond acceptors (Lipinski definition) is 2. The van der Waals surface area contributed by atoms with Gasteiger partial charge in [0, 0.05) is 6.54 Å². The van der Waals surface area contributed by atoms with E-state index in [1.807, 2.05) is 38.1 Å². The average Bonchev–Trinajstić information content (AvgIpc) is 2.42. The average molecular weight is 271 g/mol. The summed E-state index contributed by atoms with van der Waals surface area (Å²) in [6, 6.07) is 13.8. The number of carbonyl (C=O) groups is 1. The first-order valence-electron chi connectivity index (χ1n) is 7.00. The largest absolute Gasteiger partial charge is 0.480 e. The van der Waals surface area contributed by atoms with Crippen LogP contribution in [0.15, 0.2) is 42.5 Å². The van der Waals surface area contributed by atoms with E-state index < -0.39 is 12.0 Å². The summed E-state index contributed by atoms with van der Waals surface area (Å²) in [6.07, 6.45) is 0.639. The van der Waals surface area contributed by atoms with Gasteiger partial charge in [-0.2, -0.15) is 0 Å². The fraction of sp³-hybridized carbons (Fsp3) is 0.353. The first-order valence-corrected chi connectivity index (χ1v) is 7.00. The molecule has 106 valence electrons. The van der Waals surface area contributed by atoms with E-state index >= 15 is 0 Å². The maximum absolute atomic E-state index is 11.3. The topological polar surface area (TPSA) is 49.3 Å². The number of benzene rings is 2. The van der Waals surface area contributed by atoms with Gasteiger partial charge in [-0.3, -0.25) is 4.79 Å². The molecule has 0 unspecified atom stereocenters. The van der Waals surface area contributed by atoms with Gasteiger partial charge in [0.05, 0.1) is 0 Å². The Kier molecular flexibility index (Phi) is 4.74. The van der Waals surface area contributed by atoms with Crippen molar-refractivity contribution in [2.75, 3.05) is 0 Å². The third-order valence-electron chi connectivity index (χ3n) is 3.42. The normalized spacial score (nSPS) is 12.8. The Labute approximate surface area is 119 Å². The molecule has 0 aliphatic heterocycles. The Morgan fingerprint density at radius 2 is 1.85 bits per heavy atom. The number of aliphatic carboxylic acids is 1. The highest BCUT2D eigenvalue weighted by molar-refractivity contribution is 5.85. The van der Waals surface area contributed by atoms with Gasteiger partial charge in [0.1, 0.15) is 6.04 Å². The van der Waals surface area contributed by atoms with Gasteiger partial charge < -0.3 is 10.4 Å². The number of fused-ring (bicyclic) bond motifs is 1. The number of rotatable bonds is 6. The Morgan fingerprint density at radius 1 is 1.15 bits per heavy atom. The highest BCUT2D eigenvalue weighted by Crippen LogP contribution is 2.18. The van der Waals surface area contributed by atoms with Crippen LogP contribution in [0.2, 0.25) is 0 Å². The fourth-order valence-corrected chi connectivity index (χ4v) is 2.42. The van der Waals surface area contributed by atoms with E-state index in [0.717, 1.165) is 5.56 Å². The molecule has 20 heavy (non-hydrogen) atoms. The van der Waals surface area contributed by atoms with Crippen molar-refractivity contribution >= 4 is 16.7 Å². The van der Waals surface area contributed by atoms with Crippen LogP contribution < -0.4 is 5.32 Å². The van der Waals surface area contributed by atoms with Crippen LogP contribution in [0, 0.1) is 5.92 Å². The zero-order chi connectivity index (χ0) is 14.5. The third kappa shape index (κ3) is 3.58. The van der Waals surface area contributed by atoms with Crippen LogP contribution in [0.25, 0.3) is 10.8 Å². The van der Waals surface area contributed by atoms with Crippen LogP contribution in [-0.2, 0) is 11.3 Å². The standard InChI is InChI=1S/C17H21NO2/c1-12(2)10-16(17(19)20)18-11-14-8-5-7-13-6-3-4-9-15(13)14/h3-9,12,16,18H,10-11H2,1-2H3,(H,19,20)/t16-/m1/s1. The van der Waals surface area contributed by atoms with Crippen LogP contribution in [0.5, 0.6) is 0 Å². The lowest BCUT2D eigenvalue weighted by Crippen LogP contribution is -2.37. The monoisotopic (exact) mass is 271 g/mol. The Balaban J connectivity index is 2.13. The van der Waals surface area contributed by atoms with Gasteiger partial charge in [-0.1, -0.05) is 56.3 Å². The smallest absolute Gasteiger partial charge is 0.320 e. The molecule has 2 N–H and O–H groups in total. The molecule has 2 aromatic carbocycles. The van der Waals surface area contributed by atoms with Crippen molar-refractivity contribution in [1.82, 2.24) is 5.32 Å². The van der Waals surface area contributed by atoms with E-state index in [1.165, 1.54) is 10.8 Å². The van der Waals surface area contributed by atoms with E-state index in [1.54, 1.807) is 0 Å². The molecule has 2 aromatic rings. The molecule has 3 heteroatoms. The molecule has 0 spiro atoms. The first-order chi connectivity index (χ1) is 9.58. The quantitative estimate of drug-likeness (QED) is 0.846. The van der Waals surface area contributed by atoms with Crippen molar-refractivity contribution in [2.45, 2.75) is 32.9 Å². The minimum Gasteiger partial charge on any atom is -0.480 e. The van der Waals surface area contributed by atoms with Gasteiger partial charge in [0.2, 0.25) is 0 Å². The van der Waals surface area contributed by atoms with E-state index in [0.29, 0.717) is 18.9 Å². The summed E-state index contributed by atoms with van der Waals surface area (Å²) in [6.45, 7) is 4.65. The highest BCUT2D eigenvalue weighted by Gasteiger charge is 2.18. The second-order valence-corrected chi connectivity index (χ2v) is 5.54. The van der Waals surface area contributed by atoms with Gasteiger partial charge in [-0.05, 0) is 28.7 Å². The third-order valence-corrected chi connectivity index (χ3v) is 3.42. The van der Waals surface area contributed by atoms with Crippen LogP contribution in [0.3, 0.4) is 0 Å². The number of nitrogens with one attached hydrogen (secondary N) is 1. The summed E-state index contributed by atoms with van der Waals surface area (Å²) in [7, 11) is 0. The van der Waals surface area contributed by atoms with Crippen molar-refractivity contribution in [1.29, 1.82) is 0 Å². The summed E-state index contributed by atoms with van der Waals surface area (Å²) < 4.78 is 0. The van der Waals surface area contributed by atoms with Crippen LogP contribution in [0.4, 0.5) is 0 Å². The molecule has 0 saturated carbocycles. The Hall–Kier alpha value is -1.87. The van der Waals surface area contributed by atoms with Crippen LogP contribution in [0.1, 0.15) is 25.8 Å². The summed E-state index contributed by atoms with van der Waals surface area (Å²) in [5, 5.41) is 14.8. The first kappa shape index (κ1) is 14.5. The molecule has 0 aliphatic carbocycles. The molecular weight excluding hydrogens is 250 g/mol. The zero-order valence-electron chi connectivity index (χ0n) is 12.0. The lowest BCUT2D eigenvalue weighted by molar-refractivity contribution is -0.140. The van der Waals surface area contributed by atoms with Crippen molar-refractivity contribution < 1.29 is 9.90 Å². The van der Waals surface area contributed by atoms with Crippen LogP contribution in [-0.4, -0.2) is 17.1 Å². The van der Waals surface area contributed by atoms with Gasteiger partial charge in [0.15, 0.2) is 0 Å².